The molecule has 0 fully saturated rings. The molecular weight excluding hydrogens is 192 g/mol. The van der Waals surface area contributed by atoms with Crippen molar-refractivity contribution < 1.29 is 9.90 Å². The zero-order chi connectivity index (χ0) is 12.0. The maximum absolute atomic E-state index is 11.8. The Hall–Kier alpha value is -0.610. The van der Waals surface area contributed by atoms with Crippen molar-refractivity contribution in [2.24, 2.45) is 11.7 Å². The molecule has 0 aliphatic rings. The van der Waals surface area contributed by atoms with Gasteiger partial charge in [0, 0.05) is 13.6 Å². The molecule has 0 aliphatic carbocycles. The summed E-state index contributed by atoms with van der Waals surface area (Å²) >= 11 is 0. The van der Waals surface area contributed by atoms with E-state index < -0.39 is 6.04 Å². The van der Waals surface area contributed by atoms with E-state index in [0.717, 1.165) is 6.42 Å². The lowest BCUT2D eigenvalue weighted by molar-refractivity contribution is -0.132. The van der Waals surface area contributed by atoms with Crippen molar-refractivity contribution in [1.29, 1.82) is 0 Å². The minimum atomic E-state index is -0.422. The molecule has 3 N–H and O–H groups in total. The molecule has 90 valence electrons. The van der Waals surface area contributed by atoms with E-state index >= 15 is 0 Å². The molecule has 1 amide bonds. The third-order valence-electron chi connectivity index (χ3n) is 2.80. The van der Waals surface area contributed by atoms with Crippen LogP contribution in [0, 0.1) is 5.92 Å². The molecule has 3 atom stereocenters. The summed E-state index contributed by atoms with van der Waals surface area (Å²) in [6.07, 6.45) is 1.12. The summed E-state index contributed by atoms with van der Waals surface area (Å²) < 4.78 is 0. The number of hydrogen-bond acceptors (Lipinski definition) is 3. The monoisotopic (exact) mass is 216 g/mol. The number of aliphatic hydroxyl groups excluding tert-OH is 1. The van der Waals surface area contributed by atoms with Crippen LogP contribution < -0.4 is 5.73 Å². The lowest BCUT2D eigenvalue weighted by atomic mass is 9.99. The molecule has 0 radical (unpaired) electrons. The molecule has 3 unspecified atom stereocenters. The number of likely N-dealkylation sites (N-methyl/N-ethyl adjacent to an activating group) is 1. The summed E-state index contributed by atoms with van der Waals surface area (Å²) in [6, 6.07) is -0.422. The van der Waals surface area contributed by atoms with Gasteiger partial charge in [-0.15, -0.1) is 0 Å². The first-order chi connectivity index (χ1) is 6.90. The van der Waals surface area contributed by atoms with Crippen molar-refractivity contribution in [3.05, 3.63) is 0 Å². The molecule has 0 saturated heterocycles. The van der Waals surface area contributed by atoms with E-state index in [0.29, 0.717) is 13.0 Å². The van der Waals surface area contributed by atoms with Crippen LogP contribution >= 0.6 is 0 Å². The molecule has 15 heavy (non-hydrogen) atoms. The van der Waals surface area contributed by atoms with E-state index in [-0.39, 0.29) is 17.9 Å². The van der Waals surface area contributed by atoms with Crippen LogP contribution in [0.25, 0.3) is 0 Å². The topological polar surface area (TPSA) is 66.6 Å². The summed E-state index contributed by atoms with van der Waals surface area (Å²) in [6.45, 7) is 6.27. The van der Waals surface area contributed by atoms with Crippen molar-refractivity contribution in [2.45, 2.75) is 45.8 Å². The van der Waals surface area contributed by atoms with Gasteiger partial charge in [-0.25, -0.2) is 0 Å². The molecule has 0 aromatic carbocycles. The van der Waals surface area contributed by atoms with Crippen LogP contribution in [0.15, 0.2) is 0 Å². The van der Waals surface area contributed by atoms with Gasteiger partial charge in [0.05, 0.1) is 12.1 Å². The summed E-state index contributed by atoms with van der Waals surface area (Å²) in [4.78, 5) is 13.4. The summed E-state index contributed by atoms with van der Waals surface area (Å²) in [5.74, 6) is 0.163. The Balaban J connectivity index is 4.07. The Kier molecular flexibility index (Phi) is 6.52. The third kappa shape index (κ3) is 5.14. The van der Waals surface area contributed by atoms with Crippen LogP contribution in [-0.2, 0) is 4.79 Å². The van der Waals surface area contributed by atoms with Crippen molar-refractivity contribution in [2.75, 3.05) is 13.6 Å². The average Bonchev–Trinajstić information content (AvgIpc) is 2.22. The number of carbonyl (C=O) groups excluding carboxylic acids is 1. The van der Waals surface area contributed by atoms with Gasteiger partial charge in [-0.1, -0.05) is 20.3 Å². The molecule has 4 nitrogen and oxygen atoms in total. The Bertz CT molecular complexity index is 195. The Labute approximate surface area is 92.4 Å². The highest BCUT2D eigenvalue weighted by Gasteiger charge is 2.22. The highest BCUT2D eigenvalue weighted by Crippen LogP contribution is 2.08. The van der Waals surface area contributed by atoms with E-state index in [4.69, 9.17) is 10.8 Å². The highest BCUT2D eigenvalue weighted by molar-refractivity contribution is 5.81. The maximum atomic E-state index is 11.8. The van der Waals surface area contributed by atoms with Crippen LogP contribution in [0.5, 0.6) is 0 Å². The van der Waals surface area contributed by atoms with E-state index in [1.165, 1.54) is 0 Å². The second-order valence-corrected chi connectivity index (χ2v) is 4.31. The van der Waals surface area contributed by atoms with Crippen molar-refractivity contribution >= 4 is 5.91 Å². The molecule has 0 aromatic heterocycles. The zero-order valence-electron chi connectivity index (χ0n) is 10.2. The predicted octanol–water partition coefficient (Wildman–Crippen LogP) is 0.589. The minimum absolute atomic E-state index is 0.0370. The Morgan fingerprint density at radius 3 is 2.40 bits per heavy atom. The Morgan fingerprint density at radius 2 is 2.00 bits per heavy atom. The molecule has 0 aliphatic heterocycles. The normalized spacial score (nSPS) is 16.9. The summed E-state index contributed by atoms with van der Waals surface area (Å²) in [7, 11) is 1.73. The lowest BCUT2D eigenvalue weighted by Crippen LogP contribution is -2.46. The third-order valence-corrected chi connectivity index (χ3v) is 2.80. The fourth-order valence-corrected chi connectivity index (χ4v) is 1.24. The molecule has 0 spiro atoms. The molecule has 0 aromatic rings. The van der Waals surface area contributed by atoms with Crippen LogP contribution in [0.3, 0.4) is 0 Å². The van der Waals surface area contributed by atoms with E-state index in [2.05, 4.69) is 0 Å². The van der Waals surface area contributed by atoms with Gasteiger partial charge in [-0.3, -0.25) is 4.79 Å². The predicted molar refractivity (Wildman–Crippen MR) is 61.4 cm³/mol. The van der Waals surface area contributed by atoms with Gasteiger partial charge in [0.25, 0.3) is 0 Å². The smallest absolute Gasteiger partial charge is 0.239 e. The second kappa shape index (κ2) is 6.80. The molecule has 0 bridgehead atoms. The number of aliphatic hydroxyl groups is 1. The van der Waals surface area contributed by atoms with Crippen molar-refractivity contribution in [3.63, 3.8) is 0 Å². The van der Waals surface area contributed by atoms with Gasteiger partial charge >= 0.3 is 0 Å². The minimum Gasteiger partial charge on any atom is -0.393 e. The molecule has 0 heterocycles. The number of rotatable bonds is 6. The number of hydrogen-bond donors (Lipinski definition) is 2. The summed E-state index contributed by atoms with van der Waals surface area (Å²) in [5, 5.41) is 9.11. The van der Waals surface area contributed by atoms with E-state index in [1.54, 1.807) is 18.9 Å². The number of amides is 1. The van der Waals surface area contributed by atoms with Crippen LogP contribution in [0.2, 0.25) is 0 Å². The van der Waals surface area contributed by atoms with Crippen molar-refractivity contribution in [1.82, 2.24) is 4.90 Å². The molecule has 0 saturated carbocycles. The quantitative estimate of drug-likeness (QED) is 0.683. The van der Waals surface area contributed by atoms with Gasteiger partial charge in [-0.2, -0.15) is 0 Å². The van der Waals surface area contributed by atoms with Crippen molar-refractivity contribution in [3.8, 4) is 0 Å². The Morgan fingerprint density at radius 1 is 1.47 bits per heavy atom. The molecule has 4 heteroatoms. The molecular formula is C11H24N2O2. The van der Waals surface area contributed by atoms with Gasteiger partial charge in [0.15, 0.2) is 0 Å². The maximum Gasteiger partial charge on any atom is 0.239 e. The van der Waals surface area contributed by atoms with Gasteiger partial charge in [0.2, 0.25) is 5.91 Å². The first-order valence-corrected chi connectivity index (χ1v) is 5.58. The van der Waals surface area contributed by atoms with E-state index in [9.17, 15) is 4.79 Å². The molecule has 0 rings (SSSR count). The highest BCUT2D eigenvalue weighted by atomic mass is 16.3. The first-order valence-electron chi connectivity index (χ1n) is 5.58. The number of carbonyl (C=O) groups is 1. The fraction of sp³-hybridized carbons (Fsp3) is 0.909. The number of nitrogens with two attached hydrogens (primary N) is 1. The standard InChI is InChI=1S/C11H24N2O2/c1-5-8(2)10(12)11(15)13(4)7-6-9(3)14/h8-10,14H,5-7,12H2,1-4H3. The average molecular weight is 216 g/mol. The largest absolute Gasteiger partial charge is 0.393 e. The second-order valence-electron chi connectivity index (χ2n) is 4.31. The first kappa shape index (κ1) is 14.4. The van der Waals surface area contributed by atoms with Gasteiger partial charge in [0.1, 0.15) is 0 Å². The van der Waals surface area contributed by atoms with Crippen LogP contribution in [-0.4, -0.2) is 41.7 Å². The fourth-order valence-electron chi connectivity index (χ4n) is 1.24. The zero-order valence-corrected chi connectivity index (χ0v) is 10.2. The lowest BCUT2D eigenvalue weighted by Gasteiger charge is -2.24. The SMILES string of the molecule is CCC(C)C(N)C(=O)N(C)CCC(C)O. The van der Waals surface area contributed by atoms with Gasteiger partial charge in [-0.05, 0) is 19.3 Å². The van der Waals surface area contributed by atoms with Crippen LogP contribution in [0.4, 0.5) is 0 Å². The number of nitrogens with zero attached hydrogens (tertiary/aromatic N) is 1. The summed E-state index contributed by atoms with van der Waals surface area (Å²) in [5.41, 5.74) is 5.82. The van der Waals surface area contributed by atoms with Crippen LogP contribution in [0.1, 0.15) is 33.6 Å². The van der Waals surface area contributed by atoms with E-state index in [1.807, 2.05) is 13.8 Å². The van der Waals surface area contributed by atoms with Gasteiger partial charge < -0.3 is 15.7 Å².